The largest absolute Gasteiger partial charge is 1.00 e. The van der Waals surface area contributed by atoms with Gasteiger partial charge in [0.15, 0.2) is 0 Å². The molecular formula is C27H36N2Na2O18S2. The number of carbonyl (C=O) groups excluding carboxylic acids is 8. The summed E-state index contributed by atoms with van der Waals surface area (Å²) < 4.78 is 80.8. The van der Waals surface area contributed by atoms with Gasteiger partial charge in [-0.2, -0.15) is 16.8 Å². The van der Waals surface area contributed by atoms with Crippen LogP contribution in [0.5, 0.6) is 0 Å². The summed E-state index contributed by atoms with van der Waals surface area (Å²) in [5.74, 6) is -11.5. The quantitative estimate of drug-likeness (QED) is 0.0257. The number of hydrogen-bond acceptors (Lipinski definition) is 16. The molecule has 0 bridgehead atoms. The Morgan fingerprint density at radius 1 is 0.569 bits per heavy atom. The van der Waals surface area contributed by atoms with E-state index in [1.54, 1.807) is 0 Å². The van der Waals surface area contributed by atoms with Crippen molar-refractivity contribution in [3.63, 3.8) is 0 Å². The molecule has 2 aliphatic heterocycles. The second kappa shape index (κ2) is 21.0. The van der Waals surface area contributed by atoms with E-state index >= 15 is 0 Å². The van der Waals surface area contributed by atoms with Gasteiger partial charge in [-0.25, -0.2) is 19.4 Å². The number of imide groups is 2. The number of rotatable bonds is 22. The van der Waals surface area contributed by atoms with Crippen LogP contribution in [0.4, 0.5) is 0 Å². The van der Waals surface area contributed by atoms with E-state index in [0.717, 1.165) is 0 Å². The number of nitrogens with zero attached hydrogens (tertiary/aromatic N) is 2. The number of amides is 4. The van der Waals surface area contributed by atoms with Crippen LogP contribution in [0, 0.1) is 0 Å². The molecule has 2 saturated heterocycles. The number of likely N-dealkylation sites (tertiary alicyclic amines) is 2. The Balaban J connectivity index is 0.0000125. The molecule has 24 heteroatoms. The number of hydrogen-bond donors (Lipinski definition) is 2. The average molecular weight is 787 g/mol. The number of ether oxygens (including phenoxy) is 2. The Kier molecular flexibility index (Phi) is 20.2. The topological polar surface area (TPSA) is 316 Å². The Hall–Kier alpha value is -2.02. The first-order valence-corrected chi connectivity index (χ1v) is 18.0. The van der Waals surface area contributed by atoms with Gasteiger partial charge in [0.25, 0.3) is 9.74 Å². The number of unbranched alkanes of at least 4 members (excludes halogenated alkanes) is 6. The number of carboxylic acids is 2. The SMILES string of the molecule is O=C([O-])CCCCCCC(C(=O)OCOC(=O)C(CCCCCCC(=O)[O-])(N1C(=O)CCC1=O)S(=O)(=O)O)(N1C(=O)CCC1=O)S(=O)(=O)O.[Na+].[Na+]. The second-order valence-corrected chi connectivity index (χ2v) is 14.6. The molecule has 0 aliphatic carbocycles. The van der Waals surface area contributed by atoms with Gasteiger partial charge in [-0.3, -0.25) is 28.3 Å². The van der Waals surface area contributed by atoms with Crippen molar-refractivity contribution in [2.75, 3.05) is 6.79 Å². The van der Waals surface area contributed by atoms with Crippen molar-refractivity contribution in [2.24, 2.45) is 0 Å². The van der Waals surface area contributed by atoms with Crippen molar-refractivity contribution in [2.45, 2.75) is 112 Å². The zero-order valence-electron chi connectivity index (χ0n) is 28.2. The van der Waals surface area contributed by atoms with Crippen LogP contribution in [-0.4, -0.2) is 99.8 Å². The van der Waals surface area contributed by atoms with E-state index in [4.69, 9.17) is 9.47 Å². The molecule has 51 heavy (non-hydrogen) atoms. The van der Waals surface area contributed by atoms with Gasteiger partial charge in [0.2, 0.25) is 30.4 Å². The van der Waals surface area contributed by atoms with Gasteiger partial charge in [0, 0.05) is 37.6 Å². The van der Waals surface area contributed by atoms with E-state index in [9.17, 15) is 74.5 Å². The predicted molar refractivity (Wildman–Crippen MR) is 153 cm³/mol. The Labute approximate surface area is 337 Å². The molecule has 2 heterocycles. The monoisotopic (exact) mass is 786 g/mol. The molecule has 0 aromatic heterocycles. The summed E-state index contributed by atoms with van der Waals surface area (Å²) in [5, 5.41) is 21.3. The zero-order chi connectivity index (χ0) is 37.2. The van der Waals surface area contributed by atoms with E-state index in [-0.39, 0.29) is 133 Å². The third-order valence-electron chi connectivity index (χ3n) is 7.99. The minimum atomic E-state index is -5.75. The summed E-state index contributed by atoms with van der Waals surface area (Å²) in [7, 11) is -11.5. The number of aliphatic carboxylic acids is 2. The van der Waals surface area contributed by atoms with Gasteiger partial charge in [-0.1, -0.05) is 25.7 Å². The van der Waals surface area contributed by atoms with Crippen molar-refractivity contribution in [3.05, 3.63) is 0 Å². The minimum absolute atomic E-state index is 0. The normalized spacial score (nSPS) is 17.2. The molecule has 2 N–H and O–H groups in total. The first-order chi connectivity index (χ1) is 22.7. The molecule has 2 fully saturated rings. The molecule has 0 saturated carbocycles. The van der Waals surface area contributed by atoms with Crippen LogP contribution >= 0.6 is 0 Å². The Morgan fingerprint density at radius 3 is 1.10 bits per heavy atom. The predicted octanol–water partition coefficient (Wildman–Crippen LogP) is -8.31. The number of carbonyl (C=O) groups is 8. The van der Waals surface area contributed by atoms with Crippen LogP contribution in [-0.2, 0) is 68.1 Å². The number of carboxylic acid groups (broad SMARTS) is 2. The molecule has 4 amide bonds. The van der Waals surface area contributed by atoms with Crippen molar-refractivity contribution < 1.29 is 143 Å². The third-order valence-corrected chi connectivity index (χ3v) is 10.8. The molecule has 0 radical (unpaired) electrons. The summed E-state index contributed by atoms with van der Waals surface area (Å²) in [6.07, 6.45) is -4.84. The molecule has 20 nitrogen and oxygen atoms in total. The van der Waals surface area contributed by atoms with Crippen LogP contribution in [0.1, 0.15) is 103 Å². The molecule has 0 aromatic carbocycles. The third kappa shape index (κ3) is 12.0. The average Bonchev–Trinajstić information content (AvgIpc) is 3.50. The molecule has 0 spiro atoms. The maximum absolute atomic E-state index is 13.4. The first-order valence-electron chi connectivity index (χ1n) is 15.1. The van der Waals surface area contributed by atoms with Crippen molar-refractivity contribution in [1.82, 2.24) is 9.80 Å². The van der Waals surface area contributed by atoms with Crippen LogP contribution in [0.25, 0.3) is 0 Å². The van der Waals surface area contributed by atoms with Gasteiger partial charge in [0.05, 0.1) is 0 Å². The maximum atomic E-state index is 13.4. The fraction of sp³-hybridized carbons (Fsp3) is 0.704. The second-order valence-electron chi connectivity index (χ2n) is 11.3. The van der Waals surface area contributed by atoms with E-state index in [1.165, 1.54) is 0 Å². The smallest absolute Gasteiger partial charge is 0.550 e. The maximum Gasteiger partial charge on any atom is 1.00 e. The Bertz CT molecular complexity index is 1420. The fourth-order valence-corrected chi connectivity index (χ4v) is 7.82. The summed E-state index contributed by atoms with van der Waals surface area (Å²) >= 11 is 0. The van der Waals surface area contributed by atoms with Gasteiger partial charge >= 0.3 is 91.3 Å². The van der Waals surface area contributed by atoms with Crippen LogP contribution in [0.15, 0.2) is 0 Å². The summed E-state index contributed by atoms with van der Waals surface area (Å²) in [4.78, 5) is 91.6. The van der Waals surface area contributed by atoms with Crippen molar-refractivity contribution >= 4 is 67.7 Å². The first kappa shape index (κ1) is 49.0. The Morgan fingerprint density at radius 2 is 0.843 bits per heavy atom. The van der Waals surface area contributed by atoms with Crippen LogP contribution < -0.4 is 69.3 Å². The molecular weight excluding hydrogens is 750 g/mol. The van der Waals surface area contributed by atoms with Gasteiger partial charge in [0.1, 0.15) is 0 Å². The minimum Gasteiger partial charge on any atom is -0.550 e. The van der Waals surface area contributed by atoms with Gasteiger partial charge in [-0.05, 0) is 51.4 Å². The van der Waals surface area contributed by atoms with Crippen molar-refractivity contribution in [3.8, 4) is 0 Å². The molecule has 2 aliphatic rings. The van der Waals surface area contributed by atoms with Crippen LogP contribution in [0.3, 0.4) is 0 Å². The van der Waals surface area contributed by atoms with E-state index in [2.05, 4.69) is 0 Å². The summed E-state index contributed by atoms with van der Waals surface area (Å²) in [6, 6.07) is 0. The zero-order valence-corrected chi connectivity index (χ0v) is 33.8. The molecule has 2 unspecified atom stereocenters. The summed E-state index contributed by atoms with van der Waals surface area (Å²) in [5.41, 5.74) is 0. The van der Waals surface area contributed by atoms with Gasteiger partial charge in [-0.15, -0.1) is 0 Å². The standard InChI is InChI=1S/C27H38N2O18S2.2Na/c30-18-11-12-19(31)28(18)26(48(40,41)42,15-7-3-1-5-9-22(34)35)24(38)46-17-47-25(39)27(49(43,44)45,29-20(32)13-14-21(29)33)16-8-4-2-6-10-23(36)37;;/h1-17H2,(H,34,35)(H,36,37)(H,40,41,42)(H,43,44,45);;/q;2*+1/p-2. The van der Waals surface area contributed by atoms with Crippen molar-refractivity contribution in [1.29, 1.82) is 0 Å². The van der Waals surface area contributed by atoms with E-state index in [0.29, 0.717) is 0 Å². The molecule has 276 valence electrons. The summed E-state index contributed by atoms with van der Waals surface area (Å²) in [6.45, 7) is -1.67. The fourth-order valence-electron chi connectivity index (χ4n) is 5.61. The molecule has 2 atom stereocenters. The van der Waals surface area contributed by atoms with E-state index in [1.807, 2.05) is 0 Å². The van der Waals surface area contributed by atoms with E-state index < -0.39 is 123 Å². The molecule has 2 rings (SSSR count). The van der Waals surface area contributed by atoms with Gasteiger partial charge < -0.3 is 29.3 Å². The van der Waals surface area contributed by atoms with Crippen LogP contribution in [0.2, 0.25) is 0 Å². The molecule has 0 aromatic rings. The number of esters is 2.